The van der Waals surface area contributed by atoms with Crippen LogP contribution >= 0.6 is 0 Å². The zero-order valence-corrected chi connectivity index (χ0v) is 20.8. The second-order valence-corrected chi connectivity index (χ2v) is 10.6. The maximum absolute atomic E-state index is 12.4. The minimum atomic E-state index is 0.301. The second kappa shape index (κ2) is 9.09. The van der Waals surface area contributed by atoms with Gasteiger partial charge in [0, 0.05) is 81.9 Å². The number of nitrogens with zero attached hydrogens (tertiary/aromatic N) is 6. The molecule has 1 amide bonds. The van der Waals surface area contributed by atoms with E-state index in [9.17, 15) is 4.79 Å². The number of rotatable bonds is 4. The van der Waals surface area contributed by atoms with Crippen molar-refractivity contribution in [2.75, 3.05) is 75.4 Å². The number of ether oxygens (including phenoxy) is 1. The average Bonchev–Trinajstić information content (AvgIpc) is 3.70. The van der Waals surface area contributed by atoms with Crippen LogP contribution < -0.4 is 9.80 Å². The van der Waals surface area contributed by atoms with Gasteiger partial charge in [0.2, 0.25) is 5.91 Å². The van der Waals surface area contributed by atoms with E-state index in [2.05, 4.69) is 67.3 Å². The molecule has 3 aromatic rings. The number of morpholine rings is 1. The normalized spacial score (nSPS) is 23.2. The third-order valence-corrected chi connectivity index (χ3v) is 8.35. The lowest BCUT2D eigenvalue weighted by Gasteiger charge is -2.44. The summed E-state index contributed by atoms with van der Waals surface area (Å²) >= 11 is 0. The molecule has 1 saturated carbocycles. The summed E-state index contributed by atoms with van der Waals surface area (Å²) in [4.78, 5) is 22.0. The van der Waals surface area contributed by atoms with E-state index in [0.717, 1.165) is 83.9 Å². The lowest BCUT2D eigenvalue weighted by Crippen LogP contribution is -2.58. The molecule has 0 N–H and O–H groups in total. The van der Waals surface area contributed by atoms with Crippen molar-refractivity contribution in [2.24, 2.45) is 5.92 Å². The summed E-state index contributed by atoms with van der Waals surface area (Å²) in [6, 6.07) is 13.8. The fraction of sp³-hybridized carbons (Fsp3) is 0.500. The van der Waals surface area contributed by atoms with Gasteiger partial charge in [-0.15, -0.1) is 0 Å². The molecule has 1 aliphatic carbocycles. The van der Waals surface area contributed by atoms with E-state index >= 15 is 0 Å². The van der Waals surface area contributed by atoms with Crippen LogP contribution in [0.2, 0.25) is 0 Å². The summed E-state index contributed by atoms with van der Waals surface area (Å²) in [6.07, 6.45) is 6.15. The molecule has 0 radical (unpaired) electrons. The first-order chi connectivity index (χ1) is 17.7. The van der Waals surface area contributed by atoms with Gasteiger partial charge in [0.05, 0.1) is 30.5 Å². The Morgan fingerprint density at radius 2 is 1.69 bits per heavy atom. The number of aromatic nitrogens is 2. The van der Waals surface area contributed by atoms with E-state index in [1.807, 2.05) is 10.7 Å². The van der Waals surface area contributed by atoms with Crippen molar-refractivity contribution in [3.05, 3.63) is 48.8 Å². The summed E-state index contributed by atoms with van der Waals surface area (Å²) in [6.45, 7) is 9.32. The topological polar surface area (TPSA) is 56.6 Å². The highest BCUT2D eigenvalue weighted by Crippen LogP contribution is 2.33. The quantitative estimate of drug-likeness (QED) is 0.565. The first-order valence-corrected chi connectivity index (χ1v) is 13.4. The van der Waals surface area contributed by atoms with Crippen molar-refractivity contribution in [2.45, 2.75) is 18.9 Å². The molecule has 188 valence electrons. The SMILES string of the molecule is O=C(C1CC1)N1CCN(c2ccnn3cc(-c4ccc(N5CCN6CCOCC6C5)cc4)cc23)CC1. The number of hydrogen-bond acceptors (Lipinski definition) is 6. The molecular formula is C28H34N6O2. The van der Waals surface area contributed by atoms with E-state index in [0.29, 0.717) is 17.9 Å². The summed E-state index contributed by atoms with van der Waals surface area (Å²) in [5.41, 5.74) is 5.97. The van der Waals surface area contributed by atoms with Gasteiger partial charge in [-0.2, -0.15) is 5.10 Å². The second-order valence-electron chi connectivity index (χ2n) is 10.6. The van der Waals surface area contributed by atoms with Gasteiger partial charge in [0.15, 0.2) is 0 Å². The number of hydrogen-bond donors (Lipinski definition) is 0. The van der Waals surface area contributed by atoms with Gasteiger partial charge < -0.3 is 19.4 Å². The molecular weight excluding hydrogens is 452 g/mol. The van der Waals surface area contributed by atoms with Gasteiger partial charge in [0.25, 0.3) is 0 Å². The molecule has 7 rings (SSSR count). The summed E-state index contributed by atoms with van der Waals surface area (Å²) in [7, 11) is 0. The molecule has 0 bridgehead atoms. The fourth-order valence-corrected chi connectivity index (χ4v) is 6.03. The van der Waals surface area contributed by atoms with Gasteiger partial charge in [0.1, 0.15) is 0 Å². The molecule has 8 nitrogen and oxygen atoms in total. The van der Waals surface area contributed by atoms with Crippen molar-refractivity contribution < 1.29 is 9.53 Å². The Morgan fingerprint density at radius 1 is 0.889 bits per heavy atom. The van der Waals surface area contributed by atoms with Crippen molar-refractivity contribution >= 4 is 22.8 Å². The third-order valence-electron chi connectivity index (χ3n) is 8.35. The van der Waals surface area contributed by atoms with Crippen LogP contribution in [0.4, 0.5) is 11.4 Å². The van der Waals surface area contributed by atoms with Crippen LogP contribution in [0, 0.1) is 5.92 Å². The Bertz CT molecular complexity index is 1240. The van der Waals surface area contributed by atoms with E-state index in [-0.39, 0.29) is 0 Å². The van der Waals surface area contributed by atoms with Gasteiger partial charge >= 0.3 is 0 Å². The van der Waals surface area contributed by atoms with Crippen LogP contribution in [0.15, 0.2) is 48.8 Å². The number of fused-ring (bicyclic) bond motifs is 2. The zero-order valence-electron chi connectivity index (χ0n) is 20.8. The van der Waals surface area contributed by atoms with Crippen LogP contribution in [0.1, 0.15) is 12.8 Å². The molecule has 3 aliphatic heterocycles. The van der Waals surface area contributed by atoms with Crippen molar-refractivity contribution in [3.63, 3.8) is 0 Å². The predicted molar refractivity (Wildman–Crippen MR) is 141 cm³/mol. The number of carbonyl (C=O) groups is 1. The van der Waals surface area contributed by atoms with E-state index in [1.54, 1.807) is 0 Å². The van der Waals surface area contributed by atoms with Gasteiger partial charge in [-0.3, -0.25) is 9.69 Å². The van der Waals surface area contributed by atoms with E-state index in [1.165, 1.54) is 22.5 Å². The minimum absolute atomic E-state index is 0.301. The first-order valence-electron chi connectivity index (χ1n) is 13.4. The van der Waals surface area contributed by atoms with Gasteiger partial charge in [-0.05, 0) is 42.7 Å². The third kappa shape index (κ3) is 4.12. The monoisotopic (exact) mass is 486 g/mol. The Morgan fingerprint density at radius 3 is 2.50 bits per heavy atom. The van der Waals surface area contributed by atoms with Crippen LogP contribution in [0.25, 0.3) is 16.6 Å². The maximum Gasteiger partial charge on any atom is 0.225 e. The van der Waals surface area contributed by atoms with Crippen LogP contribution in [-0.2, 0) is 9.53 Å². The standard InChI is InChI=1S/C28H34N6O2/c35-28(22-1-2-22)32-12-10-31(11-13-32)26-7-8-29-34-18-23(17-27(26)34)21-3-5-24(6-4-21)33-14-9-30-15-16-36-20-25(30)19-33/h3-8,17-18,22,25H,1-2,9-16,19-20H2. The van der Waals surface area contributed by atoms with Crippen LogP contribution in [0.3, 0.4) is 0 Å². The highest BCUT2D eigenvalue weighted by molar-refractivity contribution is 5.82. The largest absolute Gasteiger partial charge is 0.378 e. The predicted octanol–water partition coefficient (Wildman–Crippen LogP) is 2.58. The molecule has 36 heavy (non-hydrogen) atoms. The summed E-state index contributed by atoms with van der Waals surface area (Å²) in [5.74, 6) is 0.659. The Labute approximate surface area is 212 Å². The number of benzene rings is 1. The molecule has 1 unspecified atom stereocenters. The summed E-state index contributed by atoms with van der Waals surface area (Å²) in [5, 5.41) is 4.59. The Balaban J connectivity index is 1.07. The maximum atomic E-state index is 12.4. The highest BCUT2D eigenvalue weighted by Gasteiger charge is 2.35. The van der Waals surface area contributed by atoms with E-state index in [4.69, 9.17) is 4.74 Å². The Hall–Kier alpha value is -3.10. The summed E-state index contributed by atoms with van der Waals surface area (Å²) < 4.78 is 7.70. The molecule has 2 aromatic heterocycles. The smallest absolute Gasteiger partial charge is 0.225 e. The minimum Gasteiger partial charge on any atom is -0.378 e. The van der Waals surface area contributed by atoms with Crippen LogP contribution in [0.5, 0.6) is 0 Å². The molecule has 0 spiro atoms. The number of piperazine rings is 2. The molecule has 3 saturated heterocycles. The molecule has 1 atom stereocenters. The molecule has 8 heteroatoms. The Kier molecular flexibility index (Phi) is 5.58. The molecule has 4 fully saturated rings. The van der Waals surface area contributed by atoms with Gasteiger partial charge in [-0.25, -0.2) is 4.52 Å². The fourth-order valence-electron chi connectivity index (χ4n) is 6.03. The lowest BCUT2D eigenvalue weighted by molar-refractivity contribution is -0.132. The number of amides is 1. The van der Waals surface area contributed by atoms with Gasteiger partial charge in [-0.1, -0.05) is 12.1 Å². The molecule has 5 heterocycles. The van der Waals surface area contributed by atoms with Crippen molar-refractivity contribution in [1.82, 2.24) is 19.4 Å². The molecule has 4 aliphatic rings. The van der Waals surface area contributed by atoms with Crippen LogP contribution in [-0.4, -0.2) is 96.9 Å². The zero-order chi connectivity index (χ0) is 24.1. The molecule has 1 aromatic carbocycles. The first kappa shape index (κ1) is 22.1. The van der Waals surface area contributed by atoms with E-state index < -0.39 is 0 Å². The number of anilines is 2. The van der Waals surface area contributed by atoms with Crippen molar-refractivity contribution in [3.8, 4) is 11.1 Å². The lowest BCUT2D eigenvalue weighted by atomic mass is 10.1. The highest BCUT2D eigenvalue weighted by atomic mass is 16.5. The van der Waals surface area contributed by atoms with Crippen molar-refractivity contribution in [1.29, 1.82) is 0 Å². The number of carbonyl (C=O) groups excluding carboxylic acids is 1. The average molecular weight is 487 g/mol.